The van der Waals surface area contributed by atoms with Gasteiger partial charge in [0.15, 0.2) is 0 Å². The molecule has 0 atom stereocenters. The van der Waals surface area contributed by atoms with E-state index in [1.807, 2.05) is 0 Å². The van der Waals surface area contributed by atoms with E-state index < -0.39 is 0 Å². The standard InChI is InChI=1S/2Al.2Cr.Mg.7O/q4*+3;+2;7*-2. The van der Waals surface area contributed by atoms with E-state index in [9.17, 15) is 0 Å². The van der Waals surface area contributed by atoms with E-state index in [1.165, 1.54) is 0 Å². The van der Waals surface area contributed by atoms with Gasteiger partial charge in [-0.15, -0.1) is 0 Å². The molecule has 2 radical (unpaired) electrons. The molecule has 0 aromatic heterocycles. The van der Waals surface area contributed by atoms with Gasteiger partial charge in [0.05, 0.1) is 0 Å². The van der Waals surface area contributed by atoms with Gasteiger partial charge < -0.3 is 38.3 Å². The van der Waals surface area contributed by atoms with Gasteiger partial charge in [-0.1, -0.05) is 0 Å². The van der Waals surface area contributed by atoms with Crippen LogP contribution in [0.5, 0.6) is 0 Å². The van der Waals surface area contributed by atoms with Crippen molar-refractivity contribution in [2.75, 3.05) is 0 Å². The maximum absolute atomic E-state index is 0. The van der Waals surface area contributed by atoms with E-state index >= 15 is 0 Å². The SMILES string of the molecule is [Al+3].[Al+3].[Cr+3].[Cr+3].[Mg+2].[O-2].[O-2].[O-2].[O-2].[O-2].[O-2].[O-2]. The van der Waals surface area contributed by atoms with E-state index in [0.29, 0.717) is 0 Å². The summed E-state index contributed by atoms with van der Waals surface area (Å²) in [5, 5.41) is 0. The van der Waals surface area contributed by atoms with Gasteiger partial charge in [0.1, 0.15) is 0 Å². The van der Waals surface area contributed by atoms with Crippen molar-refractivity contribution in [1.29, 1.82) is 0 Å². The number of rotatable bonds is 0. The third kappa shape index (κ3) is 249. The van der Waals surface area contributed by atoms with Gasteiger partial charge in [-0.25, -0.2) is 0 Å². The summed E-state index contributed by atoms with van der Waals surface area (Å²) in [6.45, 7) is 0. The molecule has 0 aliphatic rings. The van der Waals surface area contributed by atoms with Gasteiger partial charge in [-0.2, -0.15) is 0 Å². The Hall–Kier alpha value is 2.62. The van der Waals surface area contributed by atoms with E-state index in [-0.39, 0.29) is 131 Å². The maximum atomic E-state index is 0. The summed E-state index contributed by atoms with van der Waals surface area (Å²) in [5.41, 5.74) is 0. The molecule has 0 aliphatic heterocycles. The molecule has 0 saturated heterocycles. The van der Waals surface area contributed by atoms with Crippen LogP contribution in [0.15, 0.2) is 0 Å². The second-order valence-corrected chi connectivity index (χ2v) is 0. The van der Waals surface area contributed by atoms with Gasteiger partial charge in [-0.3, -0.25) is 0 Å². The molecule has 0 fully saturated rings. The molecule has 0 spiro atoms. The second-order valence-electron chi connectivity index (χ2n) is 0. The average molecular weight is 294 g/mol. The van der Waals surface area contributed by atoms with Gasteiger partial charge in [0.25, 0.3) is 0 Å². The molecule has 0 aromatic carbocycles. The van der Waals surface area contributed by atoms with Gasteiger partial charge >= 0.3 is 92.5 Å². The predicted molar refractivity (Wildman–Crippen MR) is 22.1 cm³/mol. The fraction of sp³-hybridized carbons (Fsp3) is 0. The second kappa shape index (κ2) is 317. The summed E-state index contributed by atoms with van der Waals surface area (Å²) >= 11 is 0. The molecule has 0 unspecified atom stereocenters. The third-order valence-electron chi connectivity index (χ3n) is 0. The normalized spacial score (nSPS) is 0. The molecule has 62 valence electrons. The number of hydrogen-bond donors (Lipinski definition) is 0. The summed E-state index contributed by atoms with van der Waals surface area (Å²) in [7, 11) is 0. The van der Waals surface area contributed by atoms with Crippen molar-refractivity contribution >= 4 is 57.8 Å². The number of hydrogen-bond acceptors (Lipinski definition) is 0. The summed E-state index contributed by atoms with van der Waals surface area (Å²) in [4.78, 5) is 0. The summed E-state index contributed by atoms with van der Waals surface area (Å²) in [6, 6.07) is 0. The van der Waals surface area contributed by atoms with Crippen LogP contribution in [0, 0.1) is 0 Å². The molecular weight excluding hydrogens is 294 g/mol. The summed E-state index contributed by atoms with van der Waals surface area (Å²) in [6.07, 6.45) is 0. The molecule has 0 aliphatic carbocycles. The monoisotopic (exact) mass is 294 g/mol. The fourth-order valence-corrected chi connectivity index (χ4v) is 0. The molecule has 12 heteroatoms. The van der Waals surface area contributed by atoms with Crippen molar-refractivity contribution in [2.24, 2.45) is 0 Å². The fourth-order valence-electron chi connectivity index (χ4n) is 0. The first kappa shape index (κ1) is 396. The Morgan fingerprint density at radius 2 is 0.333 bits per heavy atom. The van der Waals surface area contributed by atoms with E-state index in [4.69, 9.17) is 0 Å². The summed E-state index contributed by atoms with van der Waals surface area (Å²) in [5.74, 6) is 0. The van der Waals surface area contributed by atoms with Crippen LogP contribution in [0.2, 0.25) is 0 Å². The van der Waals surface area contributed by atoms with Crippen LogP contribution < -0.4 is 0 Å². The van der Waals surface area contributed by atoms with Crippen molar-refractivity contribution < 1.29 is 73.1 Å². The Morgan fingerprint density at radius 3 is 0.333 bits per heavy atom. The molecule has 0 N–H and O–H groups in total. The smallest absolute Gasteiger partial charge is 2.00 e. The Labute approximate surface area is 129 Å². The molecule has 0 bridgehead atoms. The molecule has 12 heavy (non-hydrogen) atoms. The molecule has 7 nitrogen and oxygen atoms in total. The molecular formula is Al2Cr2MgO7. The van der Waals surface area contributed by atoms with Gasteiger partial charge in [0.2, 0.25) is 0 Å². The summed E-state index contributed by atoms with van der Waals surface area (Å²) < 4.78 is 0. The Morgan fingerprint density at radius 1 is 0.333 bits per heavy atom. The zero-order valence-electron chi connectivity index (χ0n) is 5.54. The Kier molecular flexibility index (Phi) is 10400. The van der Waals surface area contributed by atoms with Crippen LogP contribution >= 0.6 is 0 Å². The van der Waals surface area contributed by atoms with Crippen LogP contribution in [0.4, 0.5) is 0 Å². The van der Waals surface area contributed by atoms with Crippen molar-refractivity contribution in [3.05, 3.63) is 0 Å². The minimum atomic E-state index is 0. The van der Waals surface area contributed by atoms with Crippen LogP contribution in [0.25, 0.3) is 0 Å². The first-order chi connectivity index (χ1) is 0. The van der Waals surface area contributed by atoms with Crippen molar-refractivity contribution in [3.8, 4) is 0 Å². The van der Waals surface area contributed by atoms with Crippen LogP contribution in [0.1, 0.15) is 0 Å². The third-order valence-corrected chi connectivity index (χ3v) is 0. The van der Waals surface area contributed by atoms with E-state index in [1.54, 1.807) is 0 Å². The van der Waals surface area contributed by atoms with Crippen LogP contribution in [0.3, 0.4) is 0 Å². The predicted octanol–water partition coefficient (Wildman–Crippen LogP) is -1.98. The Balaban J connectivity index is 0. The maximum Gasteiger partial charge on any atom is 3.00 e. The minimum absolute atomic E-state index is 0. The average Bonchev–Trinajstić information content (AvgIpc) is 0. The zero-order chi connectivity index (χ0) is 0. The van der Waals surface area contributed by atoms with Crippen LogP contribution in [-0.2, 0) is 73.1 Å². The van der Waals surface area contributed by atoms with Crippen molar-refractivity contribution in [3.63, 3.8) is 0 Å². The van der Waals surface area contributed by atoms with Crippen LogP contribution in [-0.4, -0.2) is 57.8 Å². The zero-order valence-corrected chi connectivity index (χ0v) is 11.8. The Bertz CT molecular complexity index is 19.4. The first-order valence-electron chi connectivity index (χ1n) is 0. The van der Waals surface area contributed by atoms with Gasteiger partial charge in [0, 0.05) is 0 Å². The molecule has 0 saturated carbocycles. The quantitative estimate of drug-likeness (QED) is 0.446. The van der Waals surface area contributed by atoms with E-state index in [2.05, 4.69) is 0 Å². The molecule has 0 aromatic rings. The van der Waals surface area contributed by atoms with Gasteiger partial charge in [-0.05, 0) is 0 Å². The molecule has 0 amide bonds. The topological polar surface area (TPSA) is 200 Å². The molecule has 0 heterocycles. The van der Waals surface area contributed by atoms with Crippen molar-refractivity contribution in [2.45, 2.75) is 0 Å². The first-order valence-corrected chi connectivity index (χ1v) is 0. The molecule has 0 rings (SSSR count). The minimum Gasteiger partial charge on any atom is -2.00 e. The van der Waals surface area contributed by atoms with E-state index in [0.717, 1.165) is 0 Å². The largest absolute Gasteiger partial charge is 3.00 e. The van der Waals surface area contributed by atoms with Crippen molar-refractivity contribution in [1.82, 2.24) is 0 Å².